The number of H-pyrrole nitrogens is 1. The molecule has 1 aromatic carbocycles. The number of hydrogen-bond acceptors (Lipinski definition) is 3. The molecule has 18 heavy (non-hydrogen) atoms. The summed E-state index contributed by atoms with van der Waals surface area (Å²) >= 11 is 0. The summed E-state index contributed by atoms with van der Waals surface area (Å²) in [5, 5.41) is 13.6. The number of hydrogen-bond donors (Lipinski definition) is 2. The van der Waals surface area contributed by atoms with E-state index < -0.39 is 5.97 Å². The fraction of sp³-hybridized carbons (Fsp3) is 0.0769. The van der Waals surface area contributed by atoms with E-state index in [1.807, 2.05) is 31.2 Å². The highest BCUT2D eigenvalue weighted by atomic mass is 16.5. The second-order valence-corrected chi connectivity index (χ2v) is 4.10. The quantitative estimate of drug-likeness (QED) is 0.724. The minimum atomic E-state index is -1.05. The van der Waals surface area contributed by atoms with E-state index in [4.69, 9.17) is 9.63 Å². The van der Waals surface area contributed by atoms with Gasteiger partial charge in [0.1, 0.15) is 5.56 Å². The average molecular weight is 242 g/mol. The number of aromatic amines is 1. The van der Waals surface area contributed by atoms with Crippen LogP contribution in [0.5, 0.6) is 0 Å². The zero-order valence-electron chi connectivity index (χ0n) is 9.60. The van der Waals surface area contributed by atoms with Crippen LogP contribution in [0.25, 0.3) is 22.4 Å². The van der Waals surface area contributed by atoms with Gasteiger partial charge in [0.2, 0.25) is 0 Å². The van der Waals surface area contributed by atoms with Gasteiger partial charge in [0.05, 0.1) is 11.9 Å². The van der Waals surface area contributed by atoms with Crippen LogP contribution in [0.15, 0.2) is 35.0 Å². The number of carboxylic acids is 1. The largest absolute Gasteiger partial charge is 0.477 e. The molecule has 0 saturated carbocycles. The van der Waals surface area contributed by atoms with Crippen molar-refractivity contribution in [2.75, 3.05) is 0 Å². The van der Waals surface area contributed by atoms with E-state index in [1.54, 1.807) is 0 Å². The Bertz CT molecular complexity index is 740. The number of para-hydroxylation sites is 1. The van der Waals surface area contributed by atoms with Gasteiger partial charge in [-0.15, -0.1) is 0 Å². The van der Waals surface area contributed by atoms with Crippen LogP contribution in [0.1, 0.15) is 15.9 Å². The Labute approximate surface area is 102 Å². The number of fused-ring (bicyclic) bond motifs is 1. The summed E-state index contributed by atoms with van der Waals surface area (Å²) < 4.78 is 5.02. The minimum absolute atomic E-state index is 0.0548. The predicted octanol–water partition coefficient (Wildman–Crippen LogP) is 2.83. The number of aromatic nitrogens is 2. The van der Waals surface area contributed by atoms with E-state index in [2.05, 4.69) is 10.1 Å². The summed E-state index contributed by atoms with van der Waals surface area (Å²) in [5.74, 6) is -0.806. The minimum Gasteiger partial charge on any atom is -0.477 e. The average Bonchev–Trinajstić information content (AvgIpc) is 2.95. The van der Waals surface area contributed by atoms with Gasteiger partial charge in [-0.2, -0.15) is 0 Å². The zero-order chi connectivity index (χ0) is 12.7. The Kier molecular flexibility index (Phi) is 2.19. The summed E-state index contributed by atoms with van der Waals surface area (Å²) in [4.78, 5) is 14.2. The van der Waals surface area contributed by atoms with Crippen molar-refractivity contribution in [3.05, 3.63) is 41.6 Å². The van der Waals surface area contributed by atoms with Gasteiger partial charge in [0.25, 0.3) is 0 Å². The molecule has 0 aliphatic rings. The molecule has 0 amide bonds. The van der Waals surface area contributed by atoms with Gasteiger partial charge in [0, 0.05) is 10.9 Å². The summed E-state index contributed by atoms with van der Waals surface area (Å²) in [7, 11) is 0. The third-order valence-corrected chi connectivity index (χ3v) is 2.91. The lowest BCUT2D eigenvalue weighted by atomic mass is 10.1. The van der Waals surface area contributed by atoms with Crippen LogP contribution in [0.4, 0.5) is 0 Å². The molecule has 0 aliphatic carbocycles. The highest BCUT2D eigenvalue weighted by molar-refractivity contribution is 5.95. The molecule has 5 nitrogen and oxygen atoms in total. The van der Waals surface area contributed by atoms with E-state index in [9.17, 15) is 4.79 Å². The third-order valence-electron chi connectivity index (χ3n) is 2.91. The summed E-state index contributed by atoms with van der Waals surface area (Å²) in [6, 6.07) is 7.75. The van der Waals surface area contributed by atoms with E-state index in [-0.39, 0.29) is 11.3 Å². The molecule has 0 atom stereocenters. The smallest absolute Gasteiger partial charge is 0.341 e. The highest BCUT2D eigenvalue weighted by Gasteiger charge is 2.18. The monoisotopic (exact) mass is 242 g/mol. The van der Waals surface area contributed by atoms with Crippen LogP contribution in [0.2, 0.25) is 0 Å². The molecule has 5 heteroatoms. The molecule has 0 radical (unpaired) electrons. The van der Waals surface area contributed by atoms with E-state index in [1.165, 1.54) is 6.20 Å². The van der Waals surface area contributed by atoms with Crippen LogP contribution in [-0.4, -0.2) is 21.2 Å². The molecule has 0 unspecified atom stereocenters. The molecule has 90 valence electrons. The fourth-order valence-electron chi connectivity index (χ4n) is 2.02. The maximum absolute atomic E-state index is 11.0. The Morgan fingerprint density at radius 1 is 1.44 bits per heavy atom. The van der Waals surface area contributed by atoms with Crippen molar-refractivity contribution in [3.63, 3.8) is 0 Å². The van der Waals surface area contributed by atoms with Gasteiger partial charge in [-0.3, -0.25) is 0 Å². The molecular weight excluding hydrogens is 232 g/mol. The van der Waals surface area contributed by atoms with Crippen LogP contribution >= 0.6 is 0 Å². The number of rotatable bonds is 2. The molecule has 0 bridgehead atoms. The topological polar surface area (TPSA) is 79.1 Å². The van der Waals surface area contributed by atoms with Crippen LogP contribution < -0.4 is 0 Å². The van der Waals surface area contributed by atoms with Gasteiger partial charge < -0.3 is 14.6 Å². The second-order valence-electron chi connectivity index (χ2n) is 4.10. The molecule has 0 fully saturated rings. The number of carbonyl (C=O) groups is 1. The molecule has 2 aromatic heterocycles. The van der Waals surface area contributed by atoms with Crippen LogP contribution in [0.3, 0.4) is 0 Å². The van der Waals surface area contributed by atoms with Crippen molar-refractivity contribution in [2.24, 2.45) is 0 Å². The fourth-order valence-corrected chi connectivity index (χ4v) is 2.02. The van der Waals surface area contributed by atoms with E-state index >= 15 is 0 Å². The Hall–Kier alpha value is -2.56. The van der Waals surface area contributed by atoms with E-state index in [0.717, 1.165) is 16.5 Å². The molecule has 0 aliphatic heterocycles. The lowest BCUT2D eigenvalue weighted by molar-refractivity contribution is 0.0697. The SMILES string of the molecule is Cc1cccc2cc(-c3oncc3C(=O)O)[nH]c12. The van der Waals surface area contributed by atoms with Crippen molar-refractivity contribution >= 4 is 16.9 Å². The van der Waals surface area contributed by atoms with Crippen molar-refractivity contribution in [1.29, 1.82) is 0 Å². The molecule has 3 aromatic rings. The van der Waals surface area contributed by atoms with E-state index in [0.29, 0.717) is 5.69 Å². The number of nitrogens with zero attached hydrogens (tertiary/aromatic N) is 1. The molecule has 0 saturated heterocycles. The second kappa shape index (κ2) is 3.73. The molecule has 3 rings (SSSR count). The first kappa shape index (κ1) is 10.6. The van der Waals surface area contributed by atoms with Crippen molar-refractivity contribution in [1.82, 2.24) is 10.1 Å². The predicted molar refractivity (Wildman–Crippen MR) is 65.5 cm³/mol. The summed E-state index contributed by atoms with van der Waals surface area (Å²) in [6.45, 7) is 1.99. The molecular formula is C13H10N2O3. The zero-order valence-corrected chi connectivity index (χ0v) is 9.60. The van der Waals surface area contributed by atoms with Crippen molar-refractivity contribution in [2.45, 2.75) is 6.92 Å². The number of aromatic carboxylic acids is 1. The normalized spacial score (nSPS) is 10.9. The van der Waals surface area contributed by atoms with Crippen molar-refractivity contribution < 1.29 is 14.4 Å². The lowest BCUT2D eigenvalue weighted by Gasteiger charge is -1.94. The first-order chi connectivity index (χ1) is 8.66. The standard InChI is InChI=1S/C13H10N2O3/c1-7-3-2-4-8-5-10(15-11(7)8)12-9(13(16)17)6-14-18-12/h2-6,15H,1H3,(H,16,17). The first-order valence-corrected chi connectivity index (χ1v) is 5.43. The van der Waals surface area contributed by atoms with Gasteiger partial charge in [-0.05, 0) is 18.6 Å². The number of benzene rings is 1. The van der Waals surface area contributed by atoms with Gasteiger partial charge in [-0.1, -0.05) is 23.4 Å². The molecule has 2 N–H and O–H groups in total. The van der Waals surface area contributed by atoms with Crippen LogP contribution in [-0.2, 0) is 0 Å². The molecule has 2 heterocycles. The maximum Gasteiger partial charge on any atom is 0.341 e. The highest BCUT2D eigenvalue weighted by Crippen LogP contribution is 2.28. The Balaban J connectivity index is 2.23. The number of aryl methyl sites for hydroxylation is 1. The van der Waals surface area contributed by atoms with Gasteiger partial charge in [0.15, 0.2) is 5.76 Å². The number of nitrogens with one attached hydrogen (secondary N) is 1. The number of carboxylic acid groups (broad SMARTS) is 1. The molecule has 0 spiro atoms. The summed E-state index contributed by atoms with van der Waals surface area (Å²) in [6.07, 6.45) is 1.20. The summed E-state index contributed by atoms with van der Waals surface area (Å²) in [5.41, 5.74) is 2.74. The maximum atomic E-state index is 11.0. The Morgan fingerprint density at radius 3 is 3.00 bits per heavy atom. The van der Waals surface area contributed by atoms with Crippen molar-refractivity contribution in [3.8, 4) is 11.5 Å². The Morgan fingerprint density at radius 2 is 2.28 bits per heavy atom. The first-order valence-electron chi connectivity index (χ1n) is 5.43. The van der Waals surface area contributed by atoms with Crippen LogP contribution in [0, 0.1) is 6.92 Å². The van der Waals surface area contributed by atoms with Gasteiger partial charge >= 0.3 is 5.97 Å². The third kappa shape index (κ3) is 1.48. The van der Waals surface area contributed by atoms with Gasteiger partial charge in [-0.25, -0.2) is 4.79 Å². The lowest BCUT2D eigenvalue weighted by Crippen LogP contribution is -1.95.